The fourth-order valence-corrected chi connectivity index (χ4v) is 2.71. The van der Waals surface area contributed by atoms with Crippen molar-refractivity contribution in [2.24, 2.45) is 0 Å². The van der Waals surface area contributed by atoms with Gasteiger partial charge < -0.3 is 15.1 Å². The van der Waals surface area contributed by atoms with Crippen LogP contribution in [0.4, 0.5) is 0 Å². The molecule has 2 heterocycles. The van der Waals surface area contributed by atoms with Crippen LogP contribution in [-0.4, -0.2) is 36.2 Å². The van der Waals surface area contributed by atoms with Gasteiger partial charge in [0.05, 0.1) is 13.1 Å². The highest BCUT2D eigenvalue weighted by atomic mass is 35.5. The topological polar surface area (TPSA) is 40.3 Å². The quantitative estimate of drug-likeness (QED) is 0.861. The molecule has 3 rings (SSSR count). The predicted octanol–water partition coefficient (Wildman–Crippen LogP) is 3.10. The fourth-order valence-electron chi connectivity index (χ4n) is 2.54. The molecule has 0 unspecified atom stereocenters. The summed E-state index contributed by atoms with van der Waals surface area (Å²) in [5.74, 6) is 1.01. The van der Waals surface area contributed by atoms with Crippen LogP contribution in [0.3, 0.4) is 0 Å². The van der Waals surface area contributed by atoms with Crippen molar-refractivity contribution in [3.8, 4) is 0 Å². The molecule has 1 aromatic carbocycles. The first-order valence-electron chi connectivity index (χ1n) is 7.34. The van der Waals surface area contributed by atoms with Gasteiger partial charge in [0.2, 0.25) is 0 Å². The van der Waals surface area contributed by atoms with E-state index in [1.807, 2.05) is 23.3 Å². The molecule has 2 N–H and O–H groups in total. The maximum Gasteiger partial charge on any atom is 0.135 e. The minimum absolute atomic E-state index is 0.773. The molecule has 0 saturated heterocycles. The van der Waals surface area contributed by atoms with E-state index in [1.165, 1.54) is 10.9 Å². The van der Waals surface area contributed by atoms with Crippen molar-refractivity contribution in [1.82, 2.24) is 15.4 Å². The Bertz CT molecular complexity index is 650. The number of likely N-dealkylation sites (N-methyl/N-ethyl adjacent to an activating group) is 1. The van der Waals surface area contributed by atoms with Crippen molar-refractivity contribution < 1.29 is 4.84 Å². The summed E-state index contributed by atoms with van der Waals surface area (Å²) in [5, 5.41) is 7.24. The van der Waals surface area contributed by atoms with E-state index in [2.05, 4.69) is 29.5 Å². The number of H-pyrrole nitrogens is 1. The summed E-state index contributed by atoms with van der Waals surface area (Å²) in [7, 11) is 0. The highest BCUT2D eigenvalue weighted by Gasteiger charge is 2.15. The second-order valence-corrected chi connectivity index (χ2v) is 5.62. The number of benzene rings is 1. The summed E-state index contributed by atoms with van der Waals surface area (Å²) in [6.07, 6.45) is 5.13. The first-order valence-corrected chi connectivity index (χ1v) is 7.72. The third-order valence-corrected chi connectivity index (χ3v) is 3.91. The molecule has 1 aliphatic rings. The Morgan fingerprint density at radius 1 is 1.43 bits per heavy atom. The van der Waals surface area contributed by atoms with Crippen LogP contribution in [0.15, 0.2) is 36.2 Å². The molecular weight excluding hydrogens is 286 g/mol. The molecule has 0 bridgehead atoms. The minimum Gasteiger partial charge on any atom is -0.409 e. The lowest BCUT2D eigenvalue weighted by Crippen LogP contribution is -2.24. The average Bonchev–Trinajstić information content (AvgIpc) is 3.09. The number of rotatable bonds is 6. The zero-order valence-corrected chi connectivity index (χ0v) is 12.9. The van der Waals surface area contributed by atoms with Gasteiger partial charge in [-0.05, 0) is 42.8 Å². The van der Waals surface area contributed by atoms with Crippen LogP contribution in [0.25, 0.3) is 10.9 Å². The largest absolute Gasteiger partial charge is 0.409 e. The summed E-state index contributed by atoms with van der Waals surface area (Å²) in [6.45, 7) is 5.57. The van der Waals surface area contributed by atoms with Crippen molar-refractivity contribution in [3.05, 3.63) is 46.8 Å². The molecule has 0 saturated carbocycles. The number of hydrogen-bond acceptors (Lipinski definition) is 3. The fraction of sp³-hybridized carbons (Fsp3) is 0.375. The van der Waals surface area contributed by atoms with Crippen LogP contribution < -0.4 is 5.32 Å². The van der Waals surface area contributed by atoms with Gasteiger partial charge >= 0.3 is 0 Å². The predicted molar refractivity (Wildman–Crippen MR) is 86.3 cm³/mol. The Morgan fingerprint density at radius 3 is 3.19 bits per heavy atom. The number of nitrogens with one attached hydrogen (secondary N) is 2. The van der Waals surface area contributed by atoms with Crippen LogP contribution >= 0.6 is 11.6 Å². The van der Waals surface area contributed by atoms with Gasteiger partial charge in [-0.2, -0.15) is 0 Å². The molecule has 0 fully saturated rings. The van der Waals surface area contributed by atoms with Gasteiger partial charge in [0.1, 0.15) is 5.76 Å². The summed E-state index contributed by atoms with van der Waals surface area (Å²) in [6, 6.07) is 5.94. The zero-order chi connectivity index (χ0) is 14.7. The highest BCUT2D eigenvalue weighted by molar-refractivity contribution is 6.31. The summed E-state index contributed by atoms with van der Waals surface area (Å²) in [5.41, 5.74) is 2.40. The van der Waals surface area contributed by atoms with Gasteiger partial charge in [-0.25, -0.2) is 0 Å². The number of halogens is 1. The van der Waals surface area contributed by atoms with E-state index in [4.69, 9.17) is 16.4 Å². The molecule has 2 aromatic rings. The Kier molecular flexibility index (Phi) is 4.48. The van der Waals surface area contributed by atoms with Crippen LogP contribution in [0.1, 0.15) is 12.5 Å². The lowest BCUT2D eigenvalue weighted by molar-refractivity contribution is -0.0910. The van der Waals surface area contributed by atoms with E-state index < -0.39 is 0 Å². The average molecular weight is 306 g/mol. The van der Waals surface area contributed by atoms with Gasteiger partial charge in [-0.1, -0.05) is 18.5 Å². The molecule has 0 radical (unpaired) electrons. The zero-order valence-electron chi connectivity index (χ0n) is 12.2. The Morgan fingerprint density at radius 2 is 2.33 bits per heavy atom. The Balaban J connectivity index is 1.57. The van der Waals surface area contributed by atoms with Gasteiger partial charge in [0.15, 0.2) is 0 Å². The Hall–Kier alpha value is -1.49. The summed E-state index contributed by atoms with van der Waals surface area (Å²) >= 11 is 6.08. The van der Waals surface area contributed by atoms with Crippen molar-refractivity contribution in [3.63, 3.8) is 0 Å². The molecule has 0 aliphatic carbocycles. The van der Waals surface area contributed by atoms with Gasteiger partial charge in [-0.3, -0.25) is 0 Å². The molecule has 0 atom stereocenters. The van der Waals surface area contributed by atoms with Crippen molar-refractivity contribution in [1.29, 1.82) is 0 Å². The highest BCUT2D eigenvalue weighted by Crippen LogP contribution is 2.23. The van der Waals surface area contributed by atoms with E-state index in [1.54, 1.807) is 0 Å². The van der Waals surface area contributed by atoms with Crippen molar-refractivity contribution in [2.45, 2.75) is 13.3 Å². The number of hydroxylamine groups is 2. The van der Waals surface area contributed by atoms with E-state index in [9.17, 15) is 0 Å². The first kappa shape index (κ1) is 14.4. The molecule has 4 nitrogen and oxygen atoms in total. The smallest absolute Gasteiger partial charge is 0.135 e. The van der Waals surface area contributed by atoms with E-state index in [-0.39, 0.29) is 0 Å². The van der Waals surface area contributed by atoms with Gasteiger partial charge in [-0.15, -0.1) is 5.06 Å². The normalized spacial score (nSPS) is 15.4. The first-order chi connectivity index (χ1) is 10.3. The summed E-state index contributed by atoms with van der Waals surface area (Å²) in [4.78, 5) is 9.08. The molecule has 0 spiro atoms. The van der Waals surface area contributed by atoms with Crippen molar-refractivity contribution in [2.75, 3.05) is 26.2 Å². The minimum atomic E-state index is 0.773. The van der Waals surface area contributed by atoms with Gasteiger partial charge in [0.25, 0.3) is 0 Å². The van der Waals surface area contributed by atoms with Crippen LogP contribution in [0.2, 0.25) is 5.02 Å². The number of aromatic amines is 1. The lowest BCUT2D eigenvalue weighted by atomic mass is 10.1. The summed E-state index contributed by atoms with van der Waals surface area (Å²) < 4.78 is 0. The van der Waals surface area contributed by atoms with E-state index >= 15 is 0 Å². The standard InChI is InChI=1S/C16H20ClN3O/c1-2-18-11-14-6-8-20(21-14)7-5-12-10-19-16-4-3-13(17)9-15(12)16/h3-4,6,9-10,18-19H,2,5,7-8,11H2,1H3. The number of nitrogens with zero attached hydrogens (tertiary/aromatic N) is 1. The van der Waals surface area contributed by atoms with E-state index in [0.717, 1.165) is 48.9 Å². The molecular formula is C16H20ClN3O. The van der Waals surface area contributed by atoms with Gasteiger partial charge in [0, 0.05) is 28.7 Å². The maximum atomic E-state index is 6.08. The number of fused-ring (bicyclic) bond motifs is 1. The number of aromatic nitrogens is 1. The lowest BCUT2D eigenvalue weighted by Gasteiger charge is -2.16. The third kappa shape index (κ3) is 3.40. The number of hydrogen-bond donors (Lipinski definition) is 2. The van der Waals surface area contributed by atoms with Crippen LogP contribution in [0, 0.1) is 0 Å². The molecule has 112 valence electrons. The SMILES string of the molecule is CCNCC1=CCN(CCc2c[nH]c3ccc(Cl)cc23)O1. The molecule has 5 heteroatoms. The molecule has 0 amide bonds. The molecule has 1 aliphatic heterocycles. The third-order valence-electron chi connectivity index (χ3n) is 3.68. The second kappa shape index (κ2) is 6.52. The van der Waals surface area contributed by atoms with Crippen LogP contribution in [-0.2, 0) is 11.3 Å². The van der Waals surface area contributed by atoms with Crippen molar-refractivity contribution >= 4 is 22.5 Å². The van der Waals surface area contributed by atoms with Crippen LogP contribution in [0.5, 0.6) is 0 Å². The molecule has 1 aromatic heterocycles. The molecule has 21 heavy (non-hydrogen) atoms. The monoisotopic (exact) mass is 305 g/mol. The van der Waals surface area contributed by atoms with E-state index in [0.29, 0.717) is 0 Å². The second-order valence-electron chi connectivity index (χ2n) is 5.18. The maximum absolute atomic E-state index is 6.08. The Labute approximate surface area is 129 Å².